The summed E-state index contributed by atoms with van der Waals surface area (Å²) in [6, 6.07) is 5.23. The van der Waals surface area contributed by atoms with E-state index in [4.69, 9.17) is 10.3 Å². The number of hydrogen-bond acceptors (Lipinski definition) is 4. The molecule has 2 aromatic rings. The van der Waals surface area contributed by atoms with Crippen LogP contribution in [0.25, 0.3) is 11.1 Å². The number of phenolic OH excluding ortho intramolecular Hbond substituents is 1. The van der Waals surface area contributed by atoms with Crippen molar-refractivity contribution in [3.8, 4) is 16.9 Å². The van der Waals surface area contributed by atoms with E-state index in [1.807, 2.05) is 6.92 Å². The number of nitrogens with two attached hydrogens (primary N) is 1. The summed E-state index contributed by atoms with van der Waals surface area (Å²) in [5.74, 6) is 0.750. The highest BCUT2D eigenvalue weighted by Gasteiger charge is 2.15. The SMILES string of the molecule is Cc1noc(C)c1-c1cccc(N)c1O. The van der Waals surface area contributed by atoms with Crippen molar-refractivity contribution in [2.24, 2.45) is 0 Å². The number of aromatic hydroxyl groups is 1. The van der Waals surface area contributed by atoms with Gasteiger partial charge in [-0.2, -0.15) is 0 Å². The fraction of sp³-hybridized carbons (Fsp3) is 0.182. The van der Waals surface area contributed by atoms with Crippen molar-refractivity contribution in [2.45, 2.75) is 13.8 Å². The van der Waals surface area contributed by atoms with Crippen LogP contribution in [0.3, 0.4) is 0 Å². The van der Waals surface area contributed by atoms with E-state index in [1.54, 1.807) is 25.1 Å². The molecule has 15 heavy (non-hydrogen) atoms. The molecule has 2 rings (SSSR count). The first-order chi connectivity index (χ1) is 7.11. The quantitative estimate of drug-likeness (QED) is 0.552. The Morgan fingerprint density at radius 1 is 1.33 bits per heavy atom. The van der Waals surface area contributed by atoms with E-state index in [9.17, 15) is 5.11 Å². The summed E-state index contributed by atoms with van der Waals surface area (Å²) in [6.45, 7) is 3.63. The van der Waals surface area contributed by atoms with Gasteiger partial charge in [-0.3, -0.25) is 0 Å². The number of nitrogens with zero attached hydrogens (tertiary/aromatic N) is 1. The topological polar surface area (TPSA) is 72.3 Å². The number of benzene rings is 1. The molecule has 78 valence electrons. The molecule has 4 nitrogen and oxygen atoms in total. The molecule has 0 saturated heterocycles. The first kappa shape index (κ1) is 9.58. The Labute approximate surface area is 87.3 Å². The van der Waals surface area contributed by atoms with Gasteiger partial charge in [0.25, 0.3) is 0 Å². The lowest BCUT2D eigenvalue weighted by molar-refractivity contribution is 0.393. The highest BCUT2D eigenvalue weighted by Crippen LogP contribution is 2.36. The van der Waals surface area contributed by atoms with Crippen LogP contribution >= 0.6 is 0 Å². The highest BCUT2D eigenvalue weighted by molar-refractivity contribution is 5.78. The largest absolute Gasteiger partial charge is 0.505 e. The predicted octanol–water partition coefficient (Wildman–Crippen LogP) is 2.25. The number of rotatable bonds is 1. The van der Waals surface area contributed by atoms with E-state index in [1.165, 1.54) is 0 Å². The minimum absolute atomic E-state index is 0.0758. The molecule has 0 spiro atoms. The van der Waals surface area contributed by atoms with Gasteiger partial charge in [0.05, 0.1) is 16.9 Å². The Morgan fingerprint density at radius 3 is 2.67 bits per heavy atom. The summed E-state index contributed by atoms with van der Waals surface area (Å²) in [5, 5.41) is 13.7. The van der Waals surface area contributed by atoms with Crippen LogP contribution in [0.5, 0.6) is 5.75 Å². The van der Waals surface area contributed by atoms with Crippen LogP contribution in [-0.2, 0) is 0 Å². The van der Waals surface area contributed by atoms with Crippen molar-refractivity contribution in [1.82, 2.24) is 5.16 Å². The average molecular weight is 204 g/mol. The smallest absolute Gasteiger partial charge is 0.146 e. The number of aryl methyl sites for hydroxylation is 2. The molecule has 0 aliphatic carbocycles. The molecule has 0 saturated carbocycles. The summed E-state index contributed by atoms with van der Waals surface area (Å²) in [4.78, 5) is 0. The van der Waals surface area contributed by atoms with Crippen molar-refractivity contribution >= 4 is 5.69 Å². The van der Waals surface area contributed by atoms with Gasteiger partial charge in [0.2, 0.25) is 0 Å². The fourth-order valence-electron chi connectivity index (χ4n) is 1.63. The Morgan fingerprint density at radius 2 is 2.07 bits per heavy atom. The van der Waals surface area contributed by atoms with Crippen molar-refractivity contribution < 1.29 is 9.63 Å². The summed E-state index contributed by atoms with van der Waals surface area (Å²) < 4.78 is 5.04. The number of anilines is 1. The molecule has 0 fully saturated rings. The molecule has 0 aliphatic rings. The lowest BCUT2D eigenvalue weighted by Crippen LogP contribution is -1.89. The van der Waals surface area contributed by atoms with Gasteiger partial charge in [-0.25, -0.2) is 0 Å². The highest BCUT2D eigenvalue weighted by atomic mass is 16.5. The Kier molecular flexibility index (Phi) is 2.11. The van der Waals surface area contributed by atoms with Crippen LogP contribution in [0.15, 0.2) is 22.7 Å². The third-order valence-electron chi connectivity index (χ3n) is 2.37. The van der Waals surface area contributed by atoms with Crippen molar-refractivity contribution in [3.63, 3.8) is 0 Å². The maximum Gasteiger partial charge on any atom is 0.146 e. The number of hydrogen-bond donors (Lipinski definition) is 2. The molecule has 0 bridgehead atoms. The number of phenols is 1. The van der Waals surface area contributed by atoms with Gasteiger partial charge in [0.1, 0.15) is 11.5 Å². The van der Waals surface area contributed by atoms with Gasteiger partial charge >= 0.3 is 0 Å². The molecule has 0 unspecified atom stereocenters. The van der Waals surface area contributed by atoms with Gasteiger partial charge in [-0.1, -0.05) is 17.3 Å². The number of nitrogen functional groups attached to an aromatic ring is 1. The molecule has 1 heterocycles. The molecule has 1 aromatic heterocycles. The summed E-state index contributed by atoms with van der Waals surface area (Å²) in [6.07, 6.45) is 0. The summed E-state index contributed by atoms with van der Waals surface area (Å²) in [5.41, 5.74) is 8.19. The van der Waals surface area contributed by atoms with Crippen LogP contribution in [-0.4, -0.2) is 10.3 Å². The second kappa shape index (κ2) is 3.31. The van der Waals surface area contributed by atoms with Crippen molar-refractivity contribution in [1.29, 1.82) is 0 Å². The Hall–Kier alpha value is -1.97. The van der Waals surface area contributed by atoms with E-state index in [0.29, 0.717) is 17.0 Å². The molecule has 4 heteroatoms. The first-order valence-electron chi connectivity index (χ1n) is 4.62. The average Bonchev–Trinajstić information content (AvgIpc) is 2.52. The third kappa shape index (κ3) is 1.44. The Bertz CT molecular complexity index is 484. The molecule has 0 radical (unpaired) electrons. The van der Waals surface area contributed by atoms with Crippen molar-refractivity contribution in [3.05, 3.63) is 29.7 Å². The molecular weight excluding hydrogens is 192 g/mol. The minimum Gasteiger partial charge on any atom is -0.505 e. The summed E-state index contributed by atoms with van der Waals surface area (Å²) >= 11 is 0. The molecule has 0 atom stereocenters. The minimum atomic E-state index is 0.0758. The van der Waals surface area contributed by atoms with E-state index in [-0.39, 0.29) is 5.75 Å². The zero-order chi connectivity index (χ0) is 11.0. The predicted molar refractivity (Wildman–Crippen MR) is 57.5 cm³/mol. The van der Waals surface area contributed by atoms with Gasteiger partial charge in [-0.05, 0) is 19.9 Å². The fourth-order valence-corrected chi connectivity index (χ4v) is 1.63. The number of aromatic nitrogens is 1. The van der Waals surface area contributed by atoms with Crippen LogP contribution in [0.2, 0.25) is 0 Å². The standard InChI is InChI=1S/C11H12N2O2/c1-6-10(7(2)15-13-6)8-4-3-5-9(12)11(8)14/h3-5,14H,12H2,1-2H3. The zero-order valence-electron chi connectivity index (χ0n) is 8.61. The van der Waals surface area contributed by atoms with Gasteiger partial charge < -0.3 is 15.4 Å². The first-order valence-corrected chi connectivity index (χ1v) is 4.62. The lowest BCUT2D eigenvalue weighted by Gasteiger charge is -2.05. The van der Waals surface area contributed by atoms with Gasteiger partial charge in [0, 0.05) is 5.56 Å². The van der Waals surface area contributed by atoms with Gasteiger partial charge in [0.15, 0.2) is 0 Å². The molecule has 1 aromatic carbocycles. The molecule has 3 N–H and O–H groups in total. The molecular formula is C11H12N2O2. The van der Waals surface area contributed by atoms with Crippen LogP contribution in [0, 0.1) is 13.8 Å². The maximum atomic E-state index is 9.82. The van der Waals surface area contributed by atoms with Crippen LogP contribution in [0.1, 0.15) is 11.5 Å². The number of para-hydroxylation sites is 1. The summed E-state index contributed by atoms with van der Waals surface area (Å²) in [7, 11) is 0. The molecule has 0 amide bonds. The van der Waals surface area contributed by atoms with E-state index in [2.05, 4.69) is 5.16 Å². The van der Waals surface area contributed by atoms with Crippen molar-refractivity contribution in [2.75, 3.05) is 5.73 Å². The van der Waals surface area contributed by atoms with E-state index in [0.717, 1.165) is 11.3 Å². The van der Waals surface area contributed by atoms with E-state index >= 15 is 0 Å². The third-order valence-corrected chi connectivity index (χ3v) is 2.37. The van der Waals surface area contributed by atoms with Crippen LogP contribution in [0.4, 0.5) is 5.69 Å². The monoisotopic (exact) mass is 204 g/mol. The van der Waals surface area contributed by atoms with E-state index < -0.39 is 0 Å². The second-order valence-corrected chi connectivity index (χ2v) is 3.44. The molecule has 0 aliphatic heterocycles. The van der Waals surface area contributed by atoms with Crippen LogP contribution < -0.4 is 5.73 Å². The Balaban J connectivity index is 2.69. The lowest BCUT2D eigenvalue weighted by atomic mass is 10.0. The van der Waals surface area contributed by atoms with Gasteiger partial charge in [-0.15, -0.1) is 0 Å². The second-order valence-electron chi connectivity index (χ2n) is 3.44. The normalized spacial score (nSPS) is 10.5. The maximum absolute atomic E-state index is 9.82. The zero-order valence-corrected chi connectivity index (χ0v) is 8.61.